The van der Waals surface area contributed by atoms with Crippen molar-refractivity contribution in [2.45, 2.75) is 27.2 Å². The molecule has 2 aliphatic rings. The maximum Gasteiger partial charge on any atom is 0.223 e. The summed E-state index contributed by atoms with van der Waals surface area (Å²) in [6.45, 7) is 15.6. The molecule has 0 unspecified atom stereocenters. The zero-order valence-corrected chi connectivity index (χ0v) is 13.4. The number of likely N-dealkylation sites (N-methyl/N-ethyl adjacent to an activating group) is 1. The van der Waals surface area contributed by atoms with Gasteiger partial charge in [-0.2, -0.15) is 0 Å². The highest BCUT2D eigenvalue weighted by molar-refractivity contribution is 5.76. The first kappa shape index (κ1) is 17.4. The summed E-state index contributed by atoms with van der Waals surface area (Å²) in [6.07, 6.45) is 0.659. The lowest BCUT2D eigenvalue weighted by atomic mass is 10.2. The lowest BCUT2D eigenvalue weighted by Gasteiger charge is -2.34. The van der Waals surface area contributed by atoms with Gasteiger partial charge in [-0.25, -0.2) is 0 Å². The van der Waals surface area contributed by atoms with Gasteiger partial charge in [-0.05, 0) is 6.54 Å². The number of hydrogen-bond acceptors (Lipinski definition) is 4. The summed E-state index contributed by atoms with van der Waals surface area (Å²) < 4.78 is 5.30. The lowest BCUT2D eigenvalue weighted by molar-refractivity contribution is -0.133. The Kier molecular flexibility index (Phi) is 8.82. The van der Waals surface area contributed by atoms with Gasteiger partial charge in [-0.3, -0.25) is 9.69 Å². The van der Waals surface area contributed by atoms with E-state index in [9.17, 15) is 4.79 Å². The number of carbonyl (C=O) groups excluding carboxylic acids is 1. The van der Waals surface area contributed by atoms with Gasteiger partial charge in [0.1, 0.15) is 0 Å². The summed E-state index contributed by atoms with van der Waals surface area (Å²) in [5.74, 6) is 0.317. The maximum atomic E-state index is 12.1. The monoisotopic (exact) mass is 285 g/mol. The standard InChI is InChI=1S/C13H25N3O2.C2H6/c1-2-14-5-7-16(8-6-14)13(17)3-4-15-9-11-18-12-10-15;1-2/h2-12H2,1H3;1-2H3. The molecule has 0 aromatic rings. The molecular formula is C15H31N3O2. The van der Waals surface area contributed by atoms with Crippen LogP contribution in [-0.2, 0) is 9.53 Å². The molecule has 2 rings (SSSR count). The van der Waals surface area contributed by atoms with Gasteiger partial charge in [0, 0.05) is 52.2 Å². The number of rotatable bonds is 4. The molecule has 1 amide bonds. The van der Waals surface area contributed by atoms with Crippen LogP contribution in [0.5, 0.6) is 0 Å². The van der Waals surface area contributed by atoms with Crippen LogP contribution >= 0.6 is 0 Å². The number of piperazine rings is 1. The van der Waals surface area contributed by atoms with Gasteiger partial charge in [0.05, 0.1) is 13.2 Å². The predicted octanol–water partition coefficient (Wildman–Crippen LogP) is 0.899. The Bertz CT molecular complexity index is 260. The van der Waals surface area contributed by atoms with Crippen molar-refractivity contribution in [3.63, 3.8) is 0 Å². The molecule has 0 radical (unpaired) electrons. The van der Waals surface area contributed by atoms with Gasteiger partial charge in [0.2, 0.25) is 5.91 Å². The minimum atomic E-state index is 0.317. The minimum absolute atomic E-state index is 0.317. The Morgan fingerprint density at radius 1 is 0.950 bits per heavy atom. The van der Waals surface area contributed by atoms with E-state index in [2.05, 4.69) is 16.7 Å². The first-order valence-corrected chi connectivity index (χ1v) is 8.10. The third-order valence-electron chi connectivity index (χ3n) is 3.92. The van der Waals surface area contributed by atoms with Crippen LogP contribution in [0.3, 0.4) is 0 Å². The van der Waals surface area contributed by atoms with E-state index in [1.54, 1.807) is 0 Å². The van der Waals surface area contributed by atoms with Crippen molar-refractivity contribution in [2.75, 3.05) is 65.6 Å². The molecule has 0 atom stereocenters. The van der Waals surface area contributed by atoms with Gasteiger partial charge in [-0.1, -0.05) is 20.8 Å². The van der Waals surface area contributed by atoms with E-state index < -0.39 is 0 Å². The Morgan fingerprint density at radius 2 is 1.55 bits per heavy atom. The fourth-order valence-corrected chi connectivity index (χ4v) is 2.55. The molecule has 2 heterocycles. The van der Waals surface area contributed by atoms with Crippen molar-refractivity contribution < 1.29 is 9.53 Å². The third-order valence-corrected chi connectivity index (χ3v) is 3.92. The largest absolute Gasteiger partial charge is 0.379 e. The van der Waals surface area contributed by atoms with Crippen LogP contribution in [0.1, 0.15) is 27.2 Å². The van der Waals surface area contributed by atoms with Crippen molar-refractivity contribution in [3.8, 4) is 0 Å². The minimum Gasteiger partial charge on any atom is -0.379 e. The highest BCUT2D eigenvalue weighted by Gasteiger charge is 2.20. The molecule has 0 spiro atoms. The maximum absolute atomic E-state index is 12.1. The highest BCUT2D eigenvalue weighted by atomic mass is 16.5. The van der Waals surface area contributed by atoms with Crippen molar-refractivity contribution in [1.29, 1.82) is 0 Å². The van der Waals surface area contributed by atoms with E-state index in [1.807, 2.05) is 18.7 Å². The molecule has 0 aromatic heterocycles. The molecule has 2 fully saturated rings. The van der Waals surface area contributed by atoms with Crippen LogP contribution in [0.15, 0.2) is 0 Å². The summed E-state index contributed by atoms with van der Waals surface area (Å²) in [7, 11) is 0. The molecule has 5 heteroatoms. The van der Waals surface area contributed by atoms with E-state index in [0.717, 1.165) is 65.6 Å². The third kappa shape index (κ3) is 5.77. The summed E-state index contributed by atoms with van der Waals surface area (Å²) in [5, 5.41) is 0. The number of carbonyl (C=O) groups is 1. The Balaban J connectivity index is 0.000000956. The first-order valence-electron chi connectivity index (χ1n) is 8.10. The zero-order chi connectivity index (χ0) is 14.8. The van der Waals surface area contributed by atoms with Crippen LogP contribution in [0.2, 0.25) is 0 Å². The van der Waals surface area contributed by atoms with Crippen LogP contribution in [-0.4, -0.2) is 86.2 Å². The normalized spacial score (nSPS) is 21.2. The second-order valence-electron chi connectivity index (χ2n) is 5.02. The topological polar surface area (TPSA) is 36.0 Å². The molecule has 0 bridgehead atoms. The molecule has 2 aliphatic heterocycles. The van der Waals surface area contributed by atoms with E-state index in [1.165, 1.54) is 0 Å². The van der Waals surface area contributed by atoms with Crippen molar-refractivity contribution in [2.24, 2.45) is 0 Å². The summed E-state index contributed by atoms with van der Waals surface area (Å²) in [6, 6.07) is 0. The molecule has 0 saturated carbocycles. The van der Waals surface area contributed by atoms with E-state index in [-0.39, 0.29) is 0 Å². The number of morpholine rings is 1. The van der Waals surface area contributed by atoms with Gasteiger partial charge in [0.15, 0.2) is 0 Å². The quantitative estimate of drug-likeness (QED) is 0.769. The SMILES string of the molecule is CC.CCN1CCN(C(=O)CCN2CCOCC2)CC1. The van der Waals surface area contributed by atoms with Gasteiger partial charge >= 0.3 is 0 Å². The molecule has 20 heavy (non-hydrogen) atoms. The number of hydrogen-bond donors (Lipinski definition) is 0. The Morgan fingerprint density at radius 3 is 2.10 bits per heavy atom. The van der Waals surface area contributed by atoms with Gasteiger partial charge < -0.3 is 14.5 Å². The molecule has 0 aromatic carbocycles. The fourth-order valence-electron chi connectivity index (χ4n) is 2.55. The van der Waals surface area contributed by atoms with Gasteiger partial charge in [-0.15, -0.1) is 0 Å². The first-order chi connectivity index (χ1) is 9.79. The van der Waals surface area contributed by atoms with E-state index in [0.29, 0.717) is 12.3 Å². The van der Waals surface area contributed by atoms with E-state index >= 15 is 0 Å². The summed E-state index contributed by atoms with van der Waals surface area (Å²) in [5.41, 5.74) is 0. The molecule has 118 valence electrons. The van der Waals surface area contributed by atoms with Crippen LogP contribution < -0.4 is 0 Å². The summed E-state index contributed by atoms with van der Waals surface area (Å²) in [4.78, 5) is 18.8. The van der Waals surface area contributed by atoms with Crippen molar-refractivity contribution >= 4 is 5.91 Å². The van der Waals surface area contributed by atoms with E-state index in [4.69, 9.17) is 4.74 Å². The average molecular weight is 285 g/mol. The average Bonchev–Trinajstić information content (AvgIpc) is 2.55. The van der Waals surface area contributed by atoms with Crippen LogP contribution in [0.4, 0.5) is 0 Å². The highest BCUT2D eigenvalue weighted by Crippen LogP contribution is 2.05. The molecular weight excluding hydrogens is 254 g/mol. The number of nitrogens with zero attached hydrogens (tertiary/aromatic N) is 3. The summed E-state index contributed by atoms with van der Waals surface area (Å²) >= 11 is 0. The van der Waals surface area contributed by atoms with Crippen molar-refractivity contribution in [3.05, 3.63) is 0 Å². The second kappa shape index (κ2) is 10.1. The molecule has 2 saturated heterocycles. The smallest absolute Gasteiger partial charge is 0.223 e. The fraction of sp³-hybridized carbons (Fsp3) is 0.933. The second-order valence-corrected chi connectivity index (χ2v) is 5.02. The van der Waals surface area contributed by atoms with Crippen LogP contribution in [0, 0.1) is 0 Å². The Labute approximate surface area is 123 Å². The molecule has 5 nitrogen and oxygen atoms in total. The lowest BCUT2D eigenvalue weighted by Crippen LogP contribution is -2.49. The molecule has 0 aliphatic carbocycles. The predicted molar refractivity (Wildman–Crippen MR) is 81.9 cm³/mol. The number of amides is 1. The van der Waals surface area contributed by atoms with Crippen molar-refractivity contribution in [1.82, 2.24) is 14.7 Å². The van der Waals surface area contributed by atoms with Gasteiger partial charge in [0.25, 0.3) is 0 Å². The Hall–Kier alpha value is -0.650. The molecule has 0 N–H and O–H groups in total. The number of ether oxygens (including phenoxy) is 1. The zero-order valence-electron chi connectivity index (χ0n) is 13.4. The van der Waals surface area contributed by atoms with Crippen LogP contribution in [0.25, 0.3) is 0 Å².